The largest absolute Gasteiger partial charge is 0.307 e. The lowest BCUT2D eigenvalue weighted by Crippen LogP contribution is -2.53. The van der Waals surface area contributed by atoms with Gasteiger partial charge in [-0.1, -0.05) is 30.3 Å². The van der Waals surface area contributed by atoms with Gasteiger partial charge in [0.05, 0.1) is 11.7 Å². The maximum Gasteiger partial charge on any atom is 0.243 e. The molecule has 0 bridgehead atoms. The molecule has 2 aromatic rings. The molecule has 1 aromatic heterocycles. The number of anilines is 1. The summed E-state index contributed by atoms with van der Waals surface area (Å²) in [5.41, 5.74) is 2.24. The van der Waals surface area contributed by atoms with Crippen LogP contribution >= 0.6 is 0 Å². The lowest BCUT2D eigenvalue weighted by atomic mass is 10.0. The fourth-order valence-electron chi connectivity index (χ4n) is 2.60. The Morgan fingerprint density at radius 1 is 1.50 bits per heavy atom. The first kappa shape index (κ1) is 14.3. The smallest absolute Gasteiger partial charge is 0.243 e. The van der Waals surface area contributed by atoms with Crippen molar-refractivity contribution in [3.63, 3.8) is 0 Å². The summed E-state index contributed by atoms with van der Waals surface area (Å²) in [6.45, 7) is 3.41. The summed E-state index contributed by atoms with van der Waals surface area (Å²) in [7, 11) is 0. The Labute approximate surface area is 128 Å². The average Bonchev–Trinajstić information content (AvgIpc) is 2.84. The van der Waals surface area contributed by atoms with E-state index in [-0.39, 0.29) is 11.9 Å². The monoisotopic (exact) mass is 295 g/mol. The van der Waals surface area contributed by atoms with E-state index in [1.807, 2.05) is 18.2 Å². The number of carbonyl (C=O) groups is 1. The number of carbonyl (C=O) groups excluding carboxylic acids is 1. The van der Waals surface area contributed by atoms with Gasteiger partial charge in [0.25, 0.3) is 0 Å². The summed E-state index contributed by atoms with van der Waals surface area (Å²) >= 11 is 0. The highest BCUT2D eigenvalue weighted by atomic mass is 16.2. The molecular weight excluding hydrogens is 278 g/mol. The van der Waals surface area contributed by atoms with E-state index in [1.165, 1.54) is 5.56 Å². The first-order valence-electron chi connectivity index (χ1n) is 7.23. The van der Waals surface area contributed by atoms with Gasteiger partial charge in [0.2, 0.25) is 5.91 Å². The van der Waals surface area contributed by atoms with Crippen molar-refractivity contribution in [2.24, 2.45) is 0 Å². The van der Waals surface area contributed by atoms with E-state index < -0.39 is 0 Å². The van der Waals surface area contributed by atoms with Gasteiger partial charge in [-0.05, 0) is 18.9 Å². The minimum Gasteiger partial charge on any atom is -0.307 e. The second-order valence-corrected chi connectivity index (χ2v) is 5.43. The molecule has 6 heteroatoms. The maximum absolute atomic E-state index is 12.4. The Kier molecular flexibility index (Phi) is 3.90. The Balaban J connectivity index is 1.64. The minimum atomic E-state index is -0.163. The summed E-state index contributed by atoms with van der Waals surface area (Å²) in [5.74, 6) is 0.210. The molecule has 112 valence electrons. The van der Waals surface area contributed by atoms with E-state index in [4.69, 9.17) is 5.26 Å². The van der Waals surface area contributed by atoms with Crippen LogP contribution in [-0.4, -0.2) is 33.6 Å². The lowest BCUT2D eigenvalue weighted by Gasteiger charge is -2.39. The van der Waals surface area contributed by atoms with Crippen LogP contribution in [0.2, 0.25) is 0 Å². The van der Waals surface area contributed by atoms with Crippen molar-refractivity contribution in [1.29, 1.82) is 5.26 Å². The highest BCUT2D eigenvalue weighted by Crippen LogP contribution is 2.23. The maximum atomic E-state index is 12.4. The Bertz CT molecular complexity index is 716. The number of aromatic nitrogens is 2. The zero-order valence-electron chi connectivity index (χ0n) is 12.3. The molecule has 3 rings (SSSR count). The molecule has 6 nitrogen and oxygen atoms in total. The zero-order valence-corrected chi connectivity index (χ0v) is 12.3. The number of nitrogens with one attached hydrogen (secondary N) is 2. The van der Waals surface area contributed by atoms with Crippen LogP contribution in [0.4, 0.5) is 5.82 Å². The Morgan fingerprint density at radius 2 is 2.27 bits per heavy atom. The van der Waals surface area contributed by atoms with Crippen molar-refractivity contribution in [1.82, 2.24) is 15.1 Å². The molecule has 1 unspecified atom stereocenters. The molecule has 2 N–H and O–H groups in total. The van der Waals surface area contributed by atoms with Gasteiger partial charge >= 0.3 is 0 Å². The van der Waals surface area contributed by atoms with Crippen molar-refractivity contribution in [2.45, 2.75) is 25.9 Å². The van der Waals surface area contributed by atoms with E-state index in [9.17, 15) is 4.79 Å². The van der Waals surface area contributed by atoms with Crippen LogP contribution in [0.3, 0.4) is 0 Å². The van der Waals surface area contributed by atoms with Crippen LogP contribution in [0.25, 0.3) is 0 Å². The number of benzene rings is 1. The summed E-state index contributed by atoms with van der Waals surface area (Å²) in [6, 6.07) is 12.0. The van der Waals surface area contributed by atoms with E-state index in [0.29, 0.717) is 17.1 Å². The molecule has 1 saturated heterocycles. The molecular formula is C16H17N5O. The lowest BCUT2D eigenvalue weighted by molar-refractivity contribution is -0.125. The van der Waals surface area contributed by atoms with Gasteiger partial charge in [-0.15, -0.1) is 0 Å². The quantitative estimate of drug-likeness (QED) is 0.900. The zero-order chi connectivity index (χ0) is 15.5. The van der Waals surface area contributed by atoms with E-state index in [1.54, 1.807) is 6.92 Å². The number of likely N-dealkylation sites (tertiary alicyclic amines) is 1. The van der Waals surface area contributed by atoms with Crippen molar-refractivity contribution >= 4 is 11.7 Å². The fourth-order valence-corrected chi connectivity index (χ4v) is 2.60. The molecule has 0 radical (unpaired) electrons. The third kappa shape index (κ3) is 2.71. The number of nitriles is 1. The topological polar surface area (TPSA) is 84.8 Å². The molecule has 1 amide bonds. The highest BCUT2D eigenvalue weighted by Gasteiger charge is 2.34. The van der Waals surface area contributed by atoms with Crippen LogP contribution in [0.1, 0.15) is 23.2 Å². The SMILES string of the molecule is Cc1[nH]nc(NC(=O)C2CCN2Cc2ccccc2)c1C#N. The Morgan fingerprint density at radius 3 is 2.91 bits per heavy atom. The average molecular weight is 295 g/mol. The number of aromatic amines is 1. The van der Waals surface area contributed by atoms with Crippen molar-refractivity contribution in [3.8, 4) is 6.07 Å². The van der Waals surface area contributed by atoms with Gasteiger partial charge in [-0.3, -0.25) is 14.8 Å². The minimum absolute atomic E-state index is 0.106. The number of aryl methyl sites for hydroxylation is 1. The molecule has 2 heterocycles. The summed E-state index contributed by atoms with van der Waals surface area (Å²) in [5, 5.41) is 18.5. The van der Waals surface area contributed by atoms with Gasteiger partial charge in [0, 0.05) is 13.1 Å². The van der Waals surface area contributed by atoms with Crippen molar-refractivity contribution in [3.05, 3.63) is 47.2 Å². The molecule has 1 aromatic carbocycles. The number of H-pyrrole nitrogens is 1. The normalized spacial score (nSPS) is 17.5. The second-order valence-electron chi connectivity index (χ2n) is 5.43. The van der Waals surface area contributed by atoms with Crippen LogP contribution < -0.4 is 5.32 Å². The third-order valence-electron chi connectivity index (χ3n) is 3.96. The van der Waals surface area contributed by atoms with Crippen molar-refractivity contribution < 1.29 is 4.79 Å². The number of hydrogen-bond donors (Lipinski definition) is 2. The summed E-state index contributed by atoms with van der Waals surface area (Å²) in [6.07, 6.45) is 0.823. The van der Waals surface area contributed by atoms with Gasteiger partial charge in [0.1, 0.15) is 11.6 Å². The number of amides is 1. The fraction of sp³-hybridized carbons (Fsp3) is 0.312. The third-order valence-corrected chi connectivity index (χ3v) is 3.96. The van der Waals surface area contributed by atoms with E-state index in [0.717, 1.165) is 19.5 Å². The first-order chi connectivity index (χ1) is 10.7. The number of hydrogen-bond acceptors (Lipinski definition) is 4. The number of nitrogens with zero attached hydrogens (tertiary/aromatic N) is 3. The molecule has 0 saturated carbocycles. The molecule has 1 aliphatic rings. The second kappa shape index (κ2) is 6.00. The van der Waals surface area contributed by atoms with Gasteiger partial charge in [0.15, 0.2) is 5.82 Å². The van der Waals surface area contributed by atoms with Crippen LogP contribution in [0.15, 0.2) is 30.3 Å². The molecule has 1 aliphatic heterocycles. The Hall–Kier alpha value is -2.65. The molecule has 1 atom stereocenters. The van der Waals surface area contributed by atoms with E-state index >= 15 is 0 Å². The van der Waals surface area contributed by atoms with Crippen LogP contribution in [0, 0.1) is 18.3 Å². The molecule has 1 fully saturated rings. The molecule has 0 spiro atoms. The predicted octanol–water partition coefficient (Wildman–Crippen LogP) is 1.80. The molecule has 22 heavy (non-hydrogen) atoms. The van der Waals surface area contributed by atoms with Crippen LogP contribution in [0.5, 0.6) is 0 Å². The summed E-state index contributed by atoms with van der Waals surface area (Å²) < 4.78 is 0. The van der Waals surface area contributed by atoms with Crippen molar-refractivity contribution in [2.75, 3.05) is 11.9 Å². The predicted molar refractivity (Wildman–Crippen MR) is 81.9 cm³/mol. The molecule has 0 aliphatic carbocycles. The first-order valence-corrected chi connectivity index (χ1v) is 7.23. The standard InChI is InChI=1S/C16H17N5O/c1-11-13(9-17)15(20-19-11)18-16(22)14-7-8-21(14)10-12-5-3-2-4-6-12/h2-6,14H,7-8,10H2,1H3,(H2,18,19,20,22). The van der Waals surface area contributed by atoms with Crippen LogP contribution in [-0.2, 0) is 11.3 Å². The van der Waals surface area contributed by atoms with Gasteiger partial charge in [-0.25, -0.2) is 0 Å². The van der Waals surface area contributed by atoms with Gasteiger partial charge in [-0.2, -0.15) is 10.4 Å². The van der Waals surface area contributed by atoms with Gasteiger partial charge < -0.3 is 5.32 Å². The highest BCUT2D eigenvalue weighted by molar-refractivity contribution is 5.95. The van der Waals surface area contributed by atoms with E-state index in [2.05, 4.69) is 38.6 Å². The number of rotatable bonds is 4. The summed E-state index contributed by atoms with van der Waals surface area (Å²) in [4.78, 5) is 14.5.